The molecule has 1 aliphatic rings. The van der Waals surface area contributed by atoms with Gasteiger partial charge in [-0.1, -0.05) is 12.1 Å². The molecular formula is C15H13FN2O3. The monoisotopic (exact) mass is 288 g/mol. The summed E-state index contributed by atoms with van der Waals surface area (Å²) < 4.78 is 13.3. The maximum absolute atomic E-state index is 13.3. The molecule has 3 rings (SSSR count). The van der Waals surface area contributed by atoms with Crippen molar-refractivity contribution >= 4 is 11.4 Å². The van der Waals surface area contributed by atoms with Crippen molar-refractivity contribution in [2.24, 2.45) is 0 Å². The van der Waals surface area contributed by atoms with Crippen LogP contribution < -0.4 is 5.32 Å². The van der Waals surface area contributed by atoms with Gasteiger partial charge in [0.2, 0.25) is 5.82 Å². The molecule has 0 bridgehead atoms. The van der Waals surface area contributed by atoms with Gasteiger partial charge in [0.1, 0.15) is 5.75 Å². The second-order valence-corrected chi connectivity index (χ2v) is 5.00. The number of nitrogens with zero attached hydrogens (tertiary/aromatic N) is 1. The Morgan fingerprint density at radius 3 is 2.90 bits per heavy atom. The van der Waals surface area contributed by atoms with E-state index in [1.165, 1.54) is 12.1 Å². The Bertz CT molecular complexity index is 718. The highest BCUT2D eigenvalue weighted by molar-refractivity contribution is 5.55. The fraction of sp³-hybridized carbons (Fsp3) is 0.200. The van der Waals surface area contributed by atoms with Crippen LogP contribution in [-0.4, -0.2) is 10.0 Å². The number of hydrogen-bond acceptors (Lipinski definition) is 4. The van der Waals surface area contributed by atoms with Crippen molar-refractivity contribution in [1.29, 1.82) is 0 Å². The molecule has 0 saturated carbocycles. The molecule has 0 radical (unpaired) electrons. The number of nitro benzene ring substituents is 1. The molecule has 0 heterocycles. The normalized spacial score (nSPS) is 16.5. The van der Waals surface area contributed by atoms with Gasteiger partial charge in [-0.25, -0.2) is 0 Å². The maximum atomic E-state index is 13.3. The van der Waals surface area contributed by atoms with Crippen LogP contribution in [0.2, 0.25) is 0 Å². The average Bonchev–Trinajstić information content (AvgIpc) is 2.85. The van der Waals surface area contributed by atoms with E-state index in [0.29, 0.717) is 5.69 Å². The van der Waals surface area contributed by atoms with E-state index in [2.05, 4.69) is 5.32 Å². The SMILES string of the molecule is O=[N+]([O-])c1cc(NC2CCc3c(O)cccc32)ccc1F. The van der Waals surface area contributed by atoms with Crippen LogP contribution in [0.1, 0.15) is 23.6 Å². The predicted octanol–water partition coefficient (Wildman–Crippen LogP) is 3.54. The van der Waals surface area contributed by atoms with E-state index >= 15 is 0 Å². The fourth-order valence-corrected chi connectivity index (χ4v) is 2.73. The topological polar surface area (TPSA) is 75.4 Å². The highest BCUT2D eigenvalue weighted by Gasteiger charge is 2.25. The minimum atomic E-state index is -0.852. The van der Waals surface area contributed by atoms with Gasteiger partial charge in [0.25, 0.3) is 0 Å². The summed E-state index contributed by atoms with van der Waals surface area (Å²) in [5.41, 5.74) is 1.81. The zero-order valence-electron chi connectivity index (χ0n) is 11.0. The lowest BCUT2D eigenvalue weighted by Gasteiger charge is -2.15. The third-order valence-electron chi connectivity index (χ3n) is 3.73. The lowest BCUT2D eigenvalue weighted by atomic mass is 10.1. The van der Waals surface area contributed by atoms with E-state index < -0.39 is 16.4 Å². The number of fused-ring (bicyclic) bond motifs is 1. The number of phenolic OH excluding ortho intramolecular Hbond substituents is 1. The van der Waals surface area contributed by atoms with Gasteiger partial charge in [-0.05, 0) is 42.2 Å². The maximum Gasteiger partial charge on any atom is 0.306 e. The van der Waals surface area contributed by atoms with Crippen LogP contribution >= 0.6 is 0 Å². The summed E-state index contributed by atoms with van der Waals surface area (Å²) in [6.45, 7) is 0. The molecule has 2 N–H and O–H groups in total. The average molecular weight is 288 g/mol. The molecule has 1 atom stereocenters. The highest BCUT2D eigenvalue weighted by atomic mass is 19.1. The summed E-state index contributed by atoms with van der Waals surface area (Å²) in [7, 11) is 0. The number of rotatable bonds is 3. The van der Waals surface area contributed by atoms with E-state index in [1.807, 2.05) is 6.07 Å². The van der Waals surface area contributed by atoms with Gasteiger partial charge >= 0.3 is 5.69 Å². The van der Waals surface area contributed by atoms with Crippen molar-refractivity contribution < 1.29 is 14.4 Å². The fourth-order valence-electron chi connectivity index (χ4n) is 2.73. The molecular weight excluding hydrogens is 275 g/mol. The predicted molar refractivity (Wildman–Crippen MR) is 75.8 cm³/mol. The molecule has 0 aromatic heterocycles. The summed E-state index contributed by atoms with van der Waals surface area (Å²) in [5.74, 6) is -0.586. The van der Waals surface area contributed by atoms with Gasteiger partial charge < -0.3 is 10.4 Å². The van der Waals surface area contributed by atoms with Gasteiger partial charge in [-0.2, -0.15) is 4.39 Å². The van der Waals surface area contributed by atoms with Gasteiger partial charge in [-0.15, -0.1) is 0 Å². The largest absolute Gasteiger partial charge is 0.508 e. The molecule has 5 nitrogen and oxygen atoms in total. The minimum Gasteiger partial charge on any atom is -0.508 e. The smallest absolute Gasteiger partial charge is 0.306 e. The summed E-state index contributed by atoms with van der Waals surface area (Å²) in [5, 5.41) is 23.7. The van der Waals surface area contributed by atoms with E-state index in [9.17, 15) is 19.6 Å². The minimum absolute atomic E-state index is 0.0443. The van der Waals surface area contributed by atoms with Crippen molar-refractivity contribution in [3.63, 3.8) is 0 Å². The molecule has 2 aromatic rings. The third-order valence-corrected chi connectivity index (χ3v) is 3.73. The van der Waals surface area contributed by atoms with E-state index in [1.54, 1.807) is 12.1 Å². The second-order valence-electron chi connectivity index (χ2n) is 5.00. The van der Waals surface area contributed by atoms with Crippen LogP contribution in [0, 0.1) is 15.9 Å². The Labute approximate surface area is 120 Å². The van der Waals surface area contributed by atoms with Crippen molar-refractivity contribution in [2.75, 3.05) is 5.32 Å². The van der Waals surface area contributed by atoms with Crippen molar-refractivity contribution in [1.82, 2.24) is 0 Å². The van der Waals surface area contributed by atoms with E-state index in [-0.39, 0.29) is 11.8 Å². The third kappa shape index (κ3) is 2.40. The van der Waals surface area contributed by atoms with Gasteiger partial charge in [0, 0.05) is 11.8 Å². The molecule has 0 aliphatic heterocycles. The van der Waals surface area contributed by atoms with Crippen LogP contribution in [0.3, 0.4) is 0 Å². The molecule has 1 unspecified atom stereocenters. The standard InChI is InChI=1S/C15H13FN2O3/c16-12-6-4-9(8-14(12)18(20)21)17-13-7-5-11-10(13)2-1-3-15(11)19/h1-4,6,8,13,17,19H,5,7H2. The first-order valence-corrected chi connectivity index (χ1v) is 6.57. The van der Waals surface area contributed by atoms with Gasteiger partial charge in [0.15, 0.2) is 0 Å². The number of nitrogens with one attached hydrogen (secondary N) is 1. The van der Waals surface area contributed by atoms with Crippen molar-refractivity contribution in [2.45, 2.75) is 18.9 Å². The first-order chi connectivity index (χ1) is 10.1. The van der Waals surface area contributed by atoms with Crippen LogP contribution in [-0.2, 0) is 6.42 Å². The Morgan fingerprint density at radius 2 is 2.14 bits per heavy atom. The van der Waals surface area contributed by atoms with Crippen LogP contribution in [0.4, 0.5) is 15.8 Å². The van der Waals surface area contributed by atoms with Crippen molar-refractivity contribution in [3.8, 4) is 5.75 Å². The summed E-state index contributed by atoms with van der Waals surface area (Å²) >= 11 is 0. The van der Waals surface area contributed by atoms with Crippen LogP contribution in [0.5, 0.6) is 5.75 Å². The number of anilines is 1. The molecule has 1 aliphatic carbocycles. The molecule has 6 heteroatoms. The number of halogens is 1. The number of benzene rings is 2. The summed E-state index contributed by atoms with van der Waals surface area (Å²) in [6.07, 6.45) is 1.51. The lowest BCUT2D eigenvalue weighted by molar-refractivity contribution is -0.387. The number of aromatic hydroxyl groups is 1. The van der Waals surface area contributed by atoms with Crippen LogP contribution in [0.15, 0.2) is 36.4 Å². The first kappa shape index (κ1) is 13.4. The quantitative estimate of drug-likeness (QED) is 0.669. The summed E-state index contributed by atoms with van der Waals surface area (Å²) in [6, 6.07) is 9.03. The van der Waals surface area contributed by atoms with E-state index in [0.717, 1.165) is 30.0 Å². The van der Waals surface area contributed by atoms with E-state index in [4.69, 9.17) is 0 Å². The molecule has 108 valence electrons. The zero-order valence-corrected chi connectivity index (χ0v) is 11.0. The molecule has 2 aromatic carbocycles. The Morgan fingerprint density at radius 1 is 1.33 bits per heavy atom. The number of phenols is 1. The van der Waals surface area contributed by atoms with Crippen molar-refractivity contribution in [3.05, 3.63) is 63.5 Å². The Balaban J connectivity index is 1.88. The van der Waals surface area contributed by atoms with Crippen LogP contribution in [0.25, 0.3) is 0 Å². The lowest BCUT2D eigenvalue weighted by Crippen LogP contribution is -2.07. The molecule has 0 amide bonds. The molecule has 0 saturated heterocycles. The van der Waals surface area contributed by atoms with Gasteiger partial charge in [0.05, 0.1) is 11.0 Å². The first-order valence-electron chi connectivity index (χ1n) is 6.57. The molecule has 21 heavy (non-hydrogen) atoms. The molecule has 0 fully saturated rings. The Kier molecular flexibility index (Phi) is 3.21. The van der Waals surface area contributed by atoms with Gasteiger partial charge in [-0.3, -0.25) is 10.1 Å². The molecule has 0 spiro atoms. The zero-order chi connectivity index (χ0) is 15.0. The summed E-state index contributed by atoms with van der Waals surface area (Å²) in [4.78, 5) is 10.0. The highest BCUT2D eigenvalue weighted by Crippen LogP contribution is 2.38. The second kappa shape index (κ2) is 5.05. The number of hydrogen-bond donors (Lipinski definition) is 2. The Hall–Kier alpha value is -2.63. The number of nitro groups is 1.